The first-order valence-corrected chi connectivity index (χ1v) is 7.85. The summed E-state index contributed by atoms with van der Waals surface area (Å²) >= 11 is 1.24. The van der Waals surface area contributed by atoms with E-state index in [4.69, 9.17) is 5.73 Å². The molecular formula is C14H19N5OS. The number of unbranched alkanes of at least 4 members (excludes halogenated alkanes) is 1. The average molecular weight is 305 g/mol. The third-order valence-electron chi connectivity index (χ3n) is 2.87. The van der Waals surface area contributed by atoms with E-state index in [-0.39, 0.29) is 17.6 Å². The van der Waals surface area contributed by atoms with Crippen LogP contribution in [0.5, 0.6) is 0 Å². The first-order chi connectivity index (χ1) is 10.2. The maximum atomic E-state index is 11.8. The van der Waals surface area contributed by atoms with Crippen molar-refractivity contribution in [3.05, 3.63) is 29.8 Å². The topological polar surface area (TPSA) is 96.7 Å². The molecule has 0 atom stereocenters. The van der Waals surface area contributed by atoms with Gasteiger partial charge in [0.25, 0.3) is 0 Å². The van der Waals surface area contributed by atoms with E-state index in [1.807, 2.05) is 24.3 Å². The van der Waals surface area contributed by atoms with Crippen molar-refractivity contribution in [3.63, 3.8) is 0 Å². The third-order valence-corrected chi connectivity index (χ3v) is 3.72. The van der Waals surface area contributed by atoms with Gasteiger partial charge in [0.05, 0.1) is 5.75 Å². The molecule has 1 aromatic heterocycles. The first kappa shape index (κ1) is 15.4. The van der Waals surface area contributed by atoms with Gasteiger partial charge < -0.3 is 11.1 Å². The fourth-order valence-electron chi connectivity index (χ4n) is 1.79. The molecule has 2 aromatic rings. The van der Waals surface area contributed by atoms with E-state index >= 15 is 0 Å². The number of benzene rings is 1. The zero-order chi connectivity index (χ0) is 15.1. The lowest BCUT2D eigenvalue weighted by Gasteiger charge is -2.05. The van der Waals surface area contributed by atoms with Crippen LogP contribution < -0.4 is 11.1 Å². The number of carbonyl (C=O) groups excluding carboxylic acids is 1. The molecule has 4 N–H and O–H groups in total. The predicted molar refractivity (Wildman–Crippen MR) is 85.2 cm³/mol. The zero-order valence-corrected chi connectivity index (χ0v) is 12.7. The lowest BCUT2D eigenvalue weighted by molar-refractivity contribution is -0.113. The van der Waals surface area contributed by atoms with Crippen molar-refractivity contribution in [1.29, 1.82) is 0 Å². The Morgan fingerprint density at radius 1 is 1.38 bits per heavy atom. The van der Waals surface area contributed by atoms with Crippen LogP contribution in [0.15, 0.2) is 29.4 Å². The molecule has 0 spiro atoms. The number of carbonyl (C=O) groups is 1. The molecular weight excluding hydrogens is 286 g/mol. The van der Waals surface area contributed by atoms with Gasteiger partial charge in [0.1, 0.15) is 0 Å². The molecule has 0 bridgehead atoms. The number of thioether (sulfide) groups is 1. The molecule has 1 aromatic carbocycles. The molecule has 0 saturated carbocycles. The summed E-state index contributed by atoms with van der Waals surface area (Å²) in [4.78, 5) is 15.7. The van der Waals surface area contributed by atoms with Crippen molar-refractivity contribution < 1.29 is 4.79 Å². The van der Waals surface area contributed by atoms with Crippen LogP contribution in [0.2, 0.25) is 0 Å². The number of aryl methyl sites for hydroxylation is 1. The molecule has 2 rings (SSSR count). The van der Waals surface area contributed by atoms with Gasteiger partial charge in [-0.3, -0.25) is 4.79 Å². The number of nitrogens with zero attached hydrogens (tertiary/aromatic N) is 2. The standard InChI is InChI=1S/C14H19N5OS/c1-2-3-4-10-5-7-11(8-6-10)16-12(20)9-21-14-17-13(15)18-19-14/h5-8H,2-4,9H2,1H3,(H,16,20)(H3,15,17,18,19). The number of aromatic amines is 1. The van der Waals surface area contributed by atoms with Crippen molar-refractivity contribution in [2.45, 2.75) is 31.3 Å². The number of nitrogens with one attached hydrogen (secondary N) is 2. The highest BCUT2D eigenvalue weighted by Crippen LogP contribution is 2.15. The van der Waals surface area contributed by atoms with E-state index in [9.17, 15) is 4.79 Å². The largest absolute Gasteiger partial charge is 0.368 e. The van der Waals surface area contributed by atoms with Crippen molar-refractivity contribution in [1.82, 2.24) is 15.2 Å². The van der Waals surface area contributed by atoms with Crippen LogP contribution in [0.1, 0.15) is 25.3 Å². The van der Waals surface area contributed by atoms with Gasteiger partial charge in [-0.2, -0.15) is 4.98 Å². The highest BCUT2D eigenvalue weighted by atomic mass is 32.2. The van der Waals surface area contributed by atoms with Crippen LogP contribution in [-0.2, 0) is 11.2 Å². The minimum Gasteiger partial charge on any atom is -0.368 e. The second-order valence-electron chi connectivity index (χ2n) is 4.64. The van der Waals surface area contributed by atoms with Gasteiger partial charge in [0.15, 0.2) is 0 Å². The lowest BCUT2D eigenvalue weighted by atomic mass is 10.1. The van der Waals surface area contributed by atoms with E-state index in [1.54, 1.807) is 0 Å². The fourth-order valence-corrected chi connectivity index (χ4v) is 2.39. The Bertz CT molecular complexity index is 581. The Balaban J connectivity index is 1.79. The van der Waals surface area contributed by atoms with Gasteiger partial charge >= 0.3 is 0 Å². The predicted octanol–water partition coefficient (Wildman–Crippen LogP) is 2.46. The SMILES string of the molecule is CCCCc1ccc(NC(=O)CSc2n[nH]c(N)n2)cc1. The van der Waals surface area contributed by atoms with Gasteiger partial charge in [-0.15, -0.1) is 5.10 Å². The smallest absolute Gasteiger partial charge is 0.234 e. The summed E-state index contributed by atoms with van der Waals surface area (Å²) in [6.07, 6.45) is 3.44. The fraction of sp³-hybridized carbons (Fsp3) is 0.357. The van der Waals surface area contributed by atoms with Crippen LogP contribution in [0.3, 0.4) is 0 Å². The Morgan fingerprint density at radius 3 is 2.76 bits per heavy atom. The molecule has 1 amide bonds. The second-order valence-corrected chi connectivity index (χ2v) is 5.58. The van der Waals surface area contributed by atoms with Gasteiger partial charge in [0, 0.05) is 5.69 Å². The molecule has 0 fully saturated rings. The summed E-state index contributed by atoms with van der Waals surface area (Å²) in [6, 6.07) is 7.96. The molecule has 0 aliphatic rings. The number of hydrogen-bond acceptors (Lipinski definition) is 5. The summed E-state index contributed by atoms with van der Waals surface area (Å²) < 4.78 is 0. The third kappa shape index (κ3) is 5.11. The Hall–Kier alpha value is -2.02. The molecule has 0 aliphatic carbocycles. The van der Waals surface area contributed by atoms with E-state index < -0.39 is 0 Å². The van der Waals surface area contributed by atoms with Crippen molar-refractivity contribution >= 4 is 29.3 Å². The number of hydrogen-bond donors (Lipinski definition) is 3. The van der Waals surface area contributed by atoms with Crippen molar-refractivity contribution in [3.8, 4) is 0 Å². The van der Waals surface area contributed by atoms with Gasteiger partial charge in [-0.05, 0) is 30.5 Å². The van der Waals surface area contributed by atoms with Crippen molar-refractivity contribution in [2.24, 2.45) is 0 Å². The maximum absolute atomic E-state index is 11.8. The van der Waals surface area contributed by atoms with Crippen LogP contribution in [0.4, 0.5) is 11.6 Å². The van der Waals surface area contributed by atoms with E-state index in [0.717, 1.165) is 12.1 Å². The molecule has 0 unspecified atom stereocenters. The summed E-state index contributed by atoms with van der Waals surface area (Å²) in [6.45, 7) is 2.17. The summed E-state index contributed by atoms with van der Waals surface area (Å²) in [5.74, 6) is 0.403. The maximum Gasteiger partial charge on any atom is 0.234 e. The summed E-state index contributed by atoms with van der Waals surface area (Å²) in [7, 11) is 0. The van der Waals surface area contributed by atoms with Crippen molar-refractivity contribution in [2.75, 3.05) is 16.8 Å². The number of H-pyrrole nitrogens is 1. The zero-order valence-electron chi connectivity index (χ0n) is 11.9. The molecule has 0 radical (unpaired) electrons. The van der Waals surface area contributed by atoms with E-state index in [2.05, 4.69) is 27.4 Å². The number of anilines is 2. The van der Waals surface area contributed by atoms with Gasteiger partial charge in [-0.25, -0.2) is 5.10 Å². The molecule has 7 heteroatoms. The Morgan fingerprint density at radius 2 is 2.14 bits per heavy atom. The van der Waals surface area contributed by atoms with Gasteiger partial charge in [-0.1, -0.05) is 37.2 Å². The highest BCUT2D eigenvalue weighted by Gasteiger charge is 2.07. The highest BCUT2D eigenvalue weighted by molar-refractivity contribution is 7.99. The molecule has 0 saturated heterocycles. The molecule has 1 heterocycles. The number of aromatic nitrogens is 3. The normalized spacial score (nSPS) is 10.5. The number of rotatable bonds is 7. The minimum atomic E-state index is -0.0929. The molecule has 6 nitrogen and oxygen atoms in total. The number of nitrogen functional groups attached to an aromatic ring is 1. The van der Waals surface area contributed by atoms with Gasteiger partial charge in [0.2, 0.25) is 17.0 Å². The van der Waals surface area contributed by atoms with Crippen LogP contribution in [-0.4, -0.2) is 26.8 Å². The Labute approximate surface area is 127 Å². The molecule has 0 aliphatic heterocycles. The number of nitrogens with two attached hydrogens (primary N) is 1. The number of amides is 1. The van der Waals surface area contributed by atoms with Crippen LogP contribution in [0, 0.1) is 0 Å². The van der Waals surface area contributed by atoms with E-state index in [0.29, 0.717) is 5.16 Å². The minimum absolute atomic E-state index is 0.0929. The second kappa shape index (κ2) is 7.68. The van der Waals surface area contributed by atoms with Crippen LogP contribution in [0.25, 0.3) is 0 Å². The molecule has 112 valence electrons. The summed E-state index contributed by atoms with van der Waals surface area (Å²) in [5.41, 5.74) is 7.51. The first-order valence-electron chi connectivity index (χ1n) is 6.87. The average Bonchev–Trinajstić information content (AvgIpc) is 2.90. The Kier molecular flexibility index (Phi) is 5.62. The summed E-state index contributed by atoms with van der Waals surface area (Å²) in [5, 5.41) is 9.70. The van der Waals surface area contributed by atoms with E-state index in [1.165, 1.54) is 30.2 Å². The monoisotopic (exact) mass is 305 g/mol. The lowest BCUT2D eigenvalue weighted by Crippen LogP contribution is -2.14. The van der Waals surface area contributed by atoms with Crippen LogP contribution >= 0.6 is 11.8 Å². The quantitative estimate of drug-likeness (QED) is 0.683. The molecule has 21 heavy (non-hydrogen) atoms.